The minimum Gasteiger partial charge on any atom is -0.300 e. The maximum absolute atomic E-state index is 12.9. The summed E-state index contributed by atoms with van der Waals surface area (Å²) in [5, 5.41) is 0. The number of rotatable bonds is 8. The molecule has 0 unspecified atom stereocenters. The van der Waals surface area contributed by atoms with E-state index in [4.69, 9.17) is 0 Å². The largest absolute Gasteiger partial charge is 0.300 e. The first-order valence-corrected chi connectivity index (χ1v) is 9.49. The molecule has 2 aromatic carbocycles. The van der Waals surface area contributed by atoms with Crippen molar-refractivity contribution in [1.29, 1.82) is 0 Å². The summed E-state index contributed by atoms with van der Waals surface area (Å²) in [6.07, 6.45) is 0. The van der Waals surface area contributed by atoms with Gasteiger partial charge in [-0.05, 0) is 48.5 Å². The van der Waals surface area contributed by atoms with Crippen LogP contribution in [-0.2, 0) is 23.1 Å². The Kier molecular flexibility index (Phi) is 6.48. The van der Waals surface area contributed by atoms with Gasteiger partial charge in [0, 0.05) is 13.1 Å². The minimum absolute atomic E-state index is 0.0603. The Bertz CT molecular complexity index is 757. The van der Waals surface area contributed by atoms with E-state index in [-0.39, 0.29) is 11.4 Å². The standard InChI is InChI=1S/C18H23FN2O2S/c1-3-21(4-2)14-16-8-6-5-7-15(16)13-20-24(22,23)18-11-9-17(19)10-12-18/h5-12,20H,3-4,13-14H2,1-2H3. The van der Waals surface area contributed by atoms with Gasteiger partial charge in [-0.15, -0.1) is 0 Å². The van der Waals surface area contributed by atoms with E-state index < -0.39 is 15.8 Å². The van der Waals surface area contributed by atoms with E-state index in [0.717, 1.165) is 42.9 Å². The third-order valence-corrected chi connectivity index (χ3v) is 5.40. The van der Waals surface area contributed by atoms with Crippen LogP contribution in [0.4, 0.5) is 4.39 Å². The molecular formula is C18H23FN2O2S. The lowest BCUT2D eigenvalue weighted by Gasteiger charge is -2.20. The van der Waals surface area contributed by atoms with Crippen LogP contribution in [-0.4, -0.2) is 26.4 Å². The molecule has 130 valence electrons. The molecular weight excluding hydrogens is 327 g/mol. The van der Waals surface area contributed by atoms with E-state index in [2.05, 4.69) is 23.5 Å². The van der Waals surface area contributed by atoms with Crippen molar-refractivity contribution in [2.45, 2.75) is 31.8 Å². The molecule has 0 fully saturated rings. The average molecular weight is 350 g/mol. The maximum atomic E-state index is 12.9. The first-order valence-electron chi connectivity index (χ1n) is 8.00. The summed E-state index contributed by atoms with van der Waals surface area (Å²) in [4.78, 5) is 2.33. The summed E-state index contributed by atoms with van der Waals surface area (Å²) in [5.74, 6) is -0.460. The van der Waals surface area contributed by atoms with Crippen molar-refractivity contribution in [3.05, 3.63) is 65.5 Å². The number of benzene rings is 2. The molecule has 0 aliphatic carbocycles. The lowest BCUT2D eigenvalue weighted by molar-refractivity contribution is 0.295. The zero-order valence-corrected chi connectivity index (χ0v) is 14.8. The average Bonchev–Trinajstić information content (AvgIpc) is 2.59. The molecule has 0 spiro atoms. The molecule has 2 rings (SSSR count). The van der Waals surface area contributed by atoms with Gasteiger partial charge in [0.1, 0.15) is 5.82 Å². The molecule has 1 N–H and O–H groups in total. The van der Waals surface area contributed by atoms with Crippen molar-refractivity contribution in [3.8, 4) is 0 Å². The Balaban J connectivity index is 2.12. The highest BCUT2D eigenvalue weighted by Crippen LogP contribution is 2.14. The fourth-order valence-electron chi connectivity index (χ4n) is 2.44. The van der Waals surface area contributed by atoms with Gasteiger partial charge < -0.3 is 0 Å². The number of nitrogens with zero attached hydrogens (tertiary/aromatic N) is 1. The highest BCUT2D eigenvalue weighted by atomic mass is 32.2. The van der Waals surface area contributed by atoms with Crippen molar-refractivity contribution in [1.82, 2.24) is 9.62 Å². The molecule has 0 atom stereocenters. The van der Waals surface area contributed by atoms with Crippen LogP contribution in [0.5, 0.6) is 0 Å². The number of nitrogens with one attached hydrogen (secondary N) is 1. The van der Waals surface area contributed by atoms with Crippen molar-refractivity contribution in [2.75, 3.05) is 13.1 Å². The first kappa shape index (κ1) is 18.6. The van der Waals surface area contributed by atoms with Crippen molar-refractivity contribution in [3.63, 3.8) is 0 Å². The molecule has 0 aliphatic heterocycles. The monoisotopic (exact) mass is 350 g/mol. The van der Waals surface area contributed by atoms with Crippen LogP contribution < -0.4 is 4.72 Å². The van der Waals surface area contributed by atoms with E-state index in [0.29, 0.717) is 0 Å². The van der Waals surface area contributed by atoms with Crippen LogP contribution in [0.2, 0.25) is 0 Å². The highest BCUT2D eigenvalue weighted by molar-refractivity contribution is 7.89. The molecule has 0 aliphatic rings. The number of hydrogen-bond acceptors (Lipinski definition) is 3. The molecule has 24 heavy (non-hydrogen) atoms. The zero-order chi connectivity index (χ0) is 17.6. The van der Waals surface area contributed by atoms with E-state index in [1.165, 1.54) is 12.1 Å². The minimum atomic E-state index is -3.66. The van der Waals surface area contributed by atoms with Gasteiger partial charge in [0.2, 0.25) is 10.0 Å². The molecule has 2 aromatic rings. The van der Waals surface area contributed by atoms with E-state index in [9.17, 15) is 12.8 Å². The van der Waals surface area contributed by atoms with E-state index in [1.807, 2.05) is 24.3 Å². The quantitative estimate of drug-likeness (QED) is 0.796. The Morgan fingerprint density at radius 3 is 2.12 bits per heavy atom. The Morgan fingerprint density at radius 1 is 0.958 bits per heavy atom. The second kappa shape index (κ2) is 8.37. The van der Waals surface area contributed by atoms with Crippen LogP contribution >= 0.6 is 0 Å². The van der Waals surface area contributed by atoms with Crippen LogP contribution in [0.3, 0.4) is 0 Å². The first-order chi connectivity index (χ1) is 11.5. The summed E-state index contributed by atoms with van der Waals surface area (Å²) < 4.78 is 40.2. The van der Waals surface area contributed by atoms with Crippen LogP contribution in [0.25, 0.3) is 0 Å². The smallest absolute Gasteiger partial charge is 0.240 e. The Hall–Kier alpha value is -1.76. The van der Waals surface area contributed by atoms with Gasteiger partial charge in [-0.3, -0.25) is 4.90 Å². The third kappa shape index (κ3) is 4.87. The second-order valence-corrected chi connectivity index (χ2v) is 7.28. The molecule has 0 saturated heterocycles. The second-order valence-electron chi connectivity index (χ2n) is 5.51. The predicted molar refractivity (Wildman–Crippen MR) is 93.5 cm³/mol. The normalized spacial score (nSPS) is 11.8. The third-order valence-electron chi connectivity index (χ3n) is 3.98. The Labute approximate surface area is 143 Å². The molecule has 4 nitrogen and oxygen atoms in total. The fourth-order valence-corrected chi connectivity index (χ4v) is 3.45. The fraction of sp³-hybridized carbons (Fsp3) is 0.333. The summed E-state index contributed by atoms with van der Waals surface area (Å²) >= 11 is 0. The van der Waals surface area contributed by atoms with Crippen LogP contribution in [0.15, 0.2) is 53.4 Å². The molecule has 0 saturated carbocycles. The van der Waals surface area contributed by atoms with E-state index in [1.54, 1.807) is 0 Å². The molecule has 6 heteroatoms. The topological polar surface area (TPSA) is 49.4 Å². The van der Waals surface area contributed by atoms with Gasteiger partial charge in [0.05, 0.1) is 4.90 Å². The lowest BCUT2D eigenvalue weighted by atomic mass is 10.1. The molecule has 0 bridgehead atoms. The van der Waals surface area contributed by atoms with Crippen molar-refractivity contribution < 1.29 is 12.8 Å². The van der Waals surface area contributed by atoms with Crippen LogP contribution in [0, 0.1) is 5.82 Å². The maximum Gasteiger partial charge on any atom is 0.240 e. The van der Waals surface area contributed by atoms with E-state index >= 15 is 0 Å². The number of halogens is 1. The molecule has 0 radical (unpaired) electrons. The molecule has 0 aromatic heterocycles. The predicted octanol–water partition coefficient (Wildman–Crippen LogP) is 3.15. The van der Waals surface area contributed by atoms with Crippen molar-refractivity contribution in [2.24, 2.45) is 0 Å². The summed E-state index contributed by atoms with van der Waals surface area (Å²) in [6.45, 7) is 7.06. The van der Waals surface area contributed by atoms with Gasteiger partial charge in [-0.25, -0.2) is 17.5 Å². The number of hydrogen-bond donors (Lipinski definition) is 1. The number of sulfonamides is 1. The van der Waals surface area contributed by atoms with Gasteiger partial charge in [0.25, 0.3) is 0 Å². The highest BCUT2D eigenvalue weighted by Gasteiger charge is 2.15. The summed E-state index contributed by atoms with van der Waals surface area (Å²) in [7, 11) is -3.66. The molecule has 0 heterocycles. The molecule has 0 amide bonds. The Morgan fingerprint density at radius 2 is 1.54 bits per heavy atom. The lowest BCUT2D eigenvalue weighted by Crippen LogP contribution is -2.26. The van der Waals surface area contributed by atoms with Gasteiger partial charge in [-0.2, -0.15) is 0 Å². The van der Waals surface area contributed by atoms with Crippen molar-refractivity contribution >= 4 is 10.0 Å². The summed E-state index contributed by atoms with van der Waals surface area (Å²) in [5.41, 5.74) is 2.04. The zero-order valence-electron chi connectivity index (χ0n) is 14.0. The van der Waals surface area contributed by atoms with Crippen LogP contribution in [0.1, 0.15) is 25.0 Å². The van der Waals surface area contributed by atoms with Gasteiger partial charge >= 0.3 is 0 Å². The SMILES string of the molecule is CCN(CC)Cc1ccccc1CNS(=O)(=O)c1ccc(F)cc1. The summed E-state index contributed by atoms with van der Waals surface area (Å²) in [6, 6.07) is 12.6. The van der Waals surface area contributed by atoms with Gasteiger partial charge in [0.15, 0.2) is 0 Å². The van der Waals surface area contributed by atoms with Gasteiger partial charge in [-0.1, -0.05) is 38.1 Å².